The zero-order valence-electron chi connectivity index (χ0n) is 14.0. The van der Waals surface area contributed by atoms with E-state index in [0.717, 1.165) is 11.4 Å². The van der Waals surface area contributed by atoms with Gasteiger partial charge in [-0.3, -0.25) is 0 Å². The van der Waals surface area contributed by atoms with Crippen molar-refractivity contribution in [2.45, 2.75) is 20.8 Å². The first-order chi connectivity index (χ1) is 11.0. The number of aromatic nitrogens is 2. The van der Waals surface area contributed by atoms with Gasteiger partial charge in [0, 0.05) is 18.0 Å². The number of anilines is 1. The van der Waals surface area contributed by atoms with Gasteiger partial charge in [0.1, 0.15) is 5.82 Å². The van der Waals surface area contributed by atoms with Gasteiger partial charge in [0.25, 0.3) is 0 Å². The van der Waals surface area contributed by atoms with E-state index >= 15 is 0 Å². The minimum atomic E-state index is 0.834. The summed E-state index contributed by atoms with van der Waals surface area (Å²) in [6.07, 6.45) is 0. The van der Waals surface area contributed by atoms with Crippen LogP contribution < -0.4 is 5.73 Å². The molecule has 2 N–H and O–H groups in total. The molecule has 0 bridgehead atoms. The van der Waals surface area contributed by atoms with Crippen LogP contribution in [-0.2, 0) is 7.05 Å². The topological polar surface area (TPSA) is 35.9 Å². The van der Waals surface area contributed by atoms with E-state index in [4.69, 9.17) is 5.73 Å². The Hall–Kier alpha value is -2.68. The molecule has 4 rings (SSSR count). The van der Waals surface area contributed by atoms with Crippen molar-refractivity contribution >= 4 is 27.8 Å². The van der Waals surface area contributed by atoms with Crippen molar-refractivity contribution in [2.75, 3.05) is 5.73 Å². The fourth-order valence-corrected chi connectivity index (χ4v) is 3.79. The quantitative estimate of drug-likeness (QED) is 0.547. The van der Waals surface area contributed by atoms with Crippen molar-refractivity contribution in [2.24, 2.45) is 7.05 Å². The number of nitrogens with zero attached hydrogens (tertiary/aromatic N) is 2. The third-order valence-corrected chi connectivity index (χ3v) is 4.95. The summed E-state index contributed by atoms with van der Waals surface area (Å²) in [5.41, 5.74) is 14.9. The molecule has 0 radical (unpaired) electrons. The molecule has 0 aliphatic heterocycles. The summed E-state index contributed by atoms with van der Waals surface area (Å²) in [4.78, 5) is 0. The predicted octanol–water partition coefficient (Wildman–Crippen LogP) is 4.63. The van der Waals surface area contributed by atoms with Crippen LogP contribution >= 0.6 is 0 Å². The zero-order chi connectivity index (χ0) is 16.3. The highest BCUT2D eigenvalue weighted by atomic mass is 15.1. The third-order valence-electron chi connectivity index (χ3n) is 4.95. The molecule has 3 heteroatoms. The molecule has 0 saturated carbocycles. The lowest BCUT2D eigenvalue weighted by Crippen LogP contribution is -2.01. The Morgan fingerprint density at radius 3 is 2.17 bits per heavy atom. The second-order valence-electron chi connectivity index (χ2n) is 6.36. The summed E-state index contributed by atoms with van der Waals surface area (Å²) < 4.78 is 4.48. The van der Waals surface area contributed by atoms with Gasteiger partial charge in [0.2, 0.25) is 0 Å². The molecule has 0 unspecified atom stereocenters. The van der Waals surface area contributed by atoms with Crippen LogP contribution in [-0.4, -0.2) is 9.13 Å². The third kappa shape index (κ3) is 1.70. The summed E-state index contributed by atoms with van der Waals surface area (Å²) in [6.45, 7) is 6.45. The largest absolute Gasteiger partial charge is 0.385 e. The number of hydrogen-bond acceptors (Lipinski definition) is 1. The molecule has 0 aliphatic rings. The van der Waals surface area contributed by atoms with Gasteiger partial charge >= 0.3 is 0 Å². The van der Waals surface area contributed by atoms with Crippen molar-refractivity contribution in [3.05, 3.63) is 59.2 Å². The number of benzene rings is 2. The Labute approximate surface area is 135 Å². The second-order valence-corrected chi connectivity index (χ2v) is 6.36. The van der Waals surface area contributed by atoms with Crippen molar-refractivity contribution < 1.29 is 0 Å². The van der Waals surface area contributed by atoms with E-state index in [1.165, 1.54) is 38.8 Å². The first kappa shape index (κ1) is 13.9. The van der Waals surface area contributed by atoms with Crippen molar-refractivity contribution in [1.82, 2.24) is 9.13 Å². The van der Waals surface area contributed by atoms with Gasteiger partial charge in [-0.05, 0) is 38.0 Å². The highest BCUT2D eigenvalue weighted by Gasteiger charge is 2.21. The van der Waals surface area contributed by atoms with E-state index in [0.29, 0.717) is 0 Å². The maximum atomic E-state index is 6.32. The first-order valence-corrected chi connectivity index (χ1v) is 7.93. The minimum absolute atomic E-state index is 0.834. The minimum Gasteiger partial charge on any atom is -0.385 e. The maximum Gasteiger partial charge on any atom is 0.108 e. The van der Waals surface area contributed by atoms with Gasteiger partial charge in [-0.1, -0.05) is 36.4 Å². The number of rotatable bonds is 1. The van der Waals surface area contributed by atoms with Crippen LogP contribution in [0.1, 0.15) is 16.7 Å². The van der Waals surface area contributed by atoms with Crippen LogP contribution in [0, 0.1) is 20.8 Å². The standard InChI is InChI=1S/C20H21N3/c1-12-8-7-9-13(2)17(12)23-16-11-6-5-10-15(16)19-18(23)14(3)20(21)22(19)4/h5-11H,21H2,1-4H3. The number of hydrogen-bond donors (Lipinski definition) is 1. The number of nitrogens with two attached hydrogens (primary N) is 1. The van der Waals surface area contributed by atoms with E-state index in [9.17, 15) is 0 Å². The molecular weight excluding hydrogens is 282 g/mol. The monoisotopic (exact) mass is 303 g/mol. The van der Waals surface area contributed by atoms with Gasteiger partial charge in [-0.25, -0.2) is 0 Å². The van der Waals surface area contributed by atoms with Crippen LogP contribution in [0.15, 0.2) is 42.5 Å². The van der Waals surface area contributed by atoms with Crippen LogP contribution in [0.2, 0.25) is 0 Å². The molecule has 0 fully saturated rings. The molecule has 0 amide bonds. The number of para-hydroxylation sites is 2. The zero-order valence-corrected chi connectivity index (χ0v) is 14.0. The Kier molecular flexibility index (Phi) is 2.82. The molecule has 2 aromatic carbocycles. The normalized spacial score (nSPS) is 11.7. The molecule has 23 heavy (non-hydrogen) atoms. The molecule has 2 aromatic heterocycles. The van der Waals surface area contributed by atoms with Gasteiger partial charge in [0.05, 0.1) is 22.2 Å². The highest BCUT2D eigenvalue weighted by molar-refractivity contribution is 6.10. The summed E-state index contributed by atoms with van der Waals surface area (Å²) in [5.74, 6) is 0.834. The average molecular weight is 303 g/mol. The van der Waals surface area contributed by atoms with Crippen molar-refractivity contribution in [1.29, 1.82) is 0 Å². The summed E-state index contributed by atoms with van der Waals surface area (Å²) in [7, 11) is 2.05. The van der Waals surface area contributed by atoms with Crippen molar-refractivity contribution in [3.8, 4) is 5.69 Å². The lowest BCUT2D eigenvalue weighted by molar-refractivity contribution is 0.983. The summed E-state index contributed by atoms with van der Waals surface area (Å²) in [6, 6.07) is 15.0. The molecule has 0 spiro atoms. The van der Waals surface area contributed by atoms with Crippen LogP contribution in [0.5, 0.6) is 0 Å². The summed E-state index contributed by atoms with van der Waals surface area (Å²) >= 11 is 0. The molecular formula is C20H21N3. The SMILES string of the molecule is Cc1cccc(C)c1-n1c2ccccc2c2c1c(C)c(N)n2C. The molecule has 116 valence electrons. The lowest BCUT2D eigenvalue weighted by Gasteiger charge is -2.14. The van der Waals surface area contributed by atoms with Crippen LogP contribution in [0.25, 0.3) is 27.6 Å². The van der Waals surface area contributed by atoms with Gasteiger partial charge in [0.15, 0.2) is 0 Å². The molecule has 4 aromatic rings. The van der Waals surface area contributed by atoms with Gasteiger partial charge < -0.3 is 14.9 Å². The Bertz CT molecular complexity index is 1040. The highest BCUT2D eigenvalue weighted by Crippen LogP contribution is 2.38. The molecule has 0 aliphatic carbocycles. The number of aryl methyl sites for hydroxylation is 4. The molecule has 3 nitrogen and oxygen atoms in total. The van der Waals surface area contributed by atoms with Crippen LogP contribution in [0.4, 0.5) is 5.82 Å². The van der Waals surface area contributed by atoms with E-state index in [1.54, 1.807) is 0 Å². The molecule has 0 atom stereocenters. The van der Waals surface area contributed by atoms with E-state index in [1.807, 2.05) is 7.05 Å². The van der Waals surface area contributed by atoms with Gasteiger partial charge in [-0.15, -0.1) is 0 Å². The summed E-state index contributed by atoms with van der Waals surface area (Å²) in [5, 5.41) is 1.24. The Morgan fingerprint density at radius 1 is 0.826 bits per heavy atom. The van der Waals surface area contributed by atoms with E-state index in [-0.39, 0.29) is 0 Å². The van der Waals surface area contributed by atoms with E-state index < -0.39 is 0 Å². The average Bonchev–Trinajstić information content (AvgIpc) is 2.98. The fraction of sp³-hybridized carbons (Fsp3) is 0.200. The Balaban J connectivity index is 2.32. The second kappa shape index (κ2) is 4.66. The lowest BCUT2D eigenvalue weighted by atomic mass is 10.1. The first-order valence-electron chi connectivity index (χ1n) is 7.93. The smallest absolute Gasteiger partial charge is 0.108 e. The van der Waals surface area contributed by atoms with Crippen LogP contribution in [0.3, 0.4) is 0 Å². The number of nitrogen functional groups attached to an aromatic ring is 1. The van der Waals surface area contributed by atoms with E-state index in [2.05, 4.69) is 72.4 Å². The molecule has 0 saturated heterocycles. The fourth-order valence-electron chi connectivity index (χ4n) is 3.79. The maximum absolute atomic E-state index is 6.32. The Morgan fingerprint density at radius 2 is 1.48 bits per heavy atom. The number of fused-ring (bicyclic) bond motifs is 3. The van der Waals surface area contributed by atoms with Crippen molar-refractivity contribution in [3.63, 3.8) is 0 Å². The van der Waals surface area contributed by atoms with Gasteiger partial charge in [-0.2, -0.15) is 0 Å². The molecule has 2 heterocycles. The predicted molar refractivity (Wildman–Crippen MR) is 98.4 cm³/mol.